The minimum atomic E-state index is 0.365. The Kier molecular flexibility index (Phi) is 7.25. The fourth-order valence-electron chi connectivity index (χ4n) is 1.88. The van der Waals surface area contributed by atoms with Gasteiger partial charge in [-0.3, -0.25) is 0 Å². The van der Waals surface area contributed by atoms with Crippen molar-refractivity contribution in [3.8, 4) is 0 Å². The number of likely N-dealkylation sites (N-methyl/N-ethyl adjacent to an activating group) is 1. The predicted molar refractivity (Wildman–Crippen MR) is 73.9 cm³/mol. The average molecular weight is 228 g/mol. The highest BCUT2D eigenvalue weighted by Gasteiger charge is 2.23. The Morgan fingerprint density at radius 2 is 1.75 bits per heavy atom. The van der Waals surface area contributed by atoms with Gasteiger partial charge in [0.15, 0.2) is 0 Å². The van der Waals surface area contributed by atoms with Crippen LogP contribution in [0.4, 0.5) is 0 Å². The Bertz CT molecular complexity index is 172. The highest BCUT2D eigenvalue weighted by atomic mass is 15.1. The van der Waals surface area contributed by atoms with Gasteiger partial charge in [0.05, 0.1) is 0 Å². The monoisotopic (exact) mass is 228 g/mol. The van der Waals surface area contributed by atoms with Gasteiger partial charge in [0.1, 0.15) is 0 Å². The molecule has 0 bridgehead atoms. The summed E-state index contributed by atoms with van der Waals surface area (Å²) in [5, 5.41) is 3.58. The number of nitrogens with zero attached hydrogens (tertiary/aromatic N) is 1. The van der Waals surface area contributed by atoms with Gasteiger partial charge in [-0.2, -0.15) is 0 Å². The van der Waals surface area contributed by atoms with Crippen LogP contribution in [0.1, 0.15) is 54.4 Å². The van der Waals surface area contributed by atoms with Crippen LogP contribution in [0.5, 0.6) is 0 Å². The third-order valence-corrected chi connectivity index (χ3v) is 3.59. The van der Waals surface area contributed by atoms with Crippen LogP contribution in [0.3, 0.4) is 0 Å². The maximum absolute atomic E-state index is 3.58. The summed E-state index contributed by atoms with van der Waals surface area (Å²) in [6, 6.07) is 1.28. The van der Waals surface area contributed by atoms with Gasteiger partial charge >= 0.3 is 0 Å². The molecule has 0 fully saturated rings. The molecular weight excluding hydrogens is 196 g/mol. The van der Waals surface area contributed by atoms with Gasteiger partial charge in [0.2, 0.25) is 0 Å². The van der Waals surface area contributed by atoms with Crippen LogP contribution in [0.15, 0.2) is 0 Å². The Hall–Kier alpha value is -0.0800. The summed E-state index contributed by atoms with van der Waals surface area (Å²) in [6.07, 6.45) is 2.54. The molecule has 2 heteroatoms. The van der Waals surface area contributed by atoms with Crippen molar-refractivity contribution in [1.82, 2.24) is 10.2 Å². The van der Waals surface area contributed by atoms with Crippen molar-refractivity contribution < 1.29 is 0 Å². The van der Waals surface area contributed by atoms with Crippen molar-refractivity contribution in [3.63, 3.8) is 0 Å². The molecule has 0 aliphatic heterocycles. The standard InChI is InChI=1S/C14H32N2/c1-8-9-12(2)15-10-11-16(7)13(3)14(4,5)6/h12-13,15H,8-11H2,1-7H3. The molecule has 0 rings (SSSR count). The lowest BCUT2D eigenvalue weighted by Gasteiger charge is -2.35. The molecule has 2 atom stereocenters. The normalized spacial score (nSPS) is 16.5. The molecule has 0 aliphatic rings. The van der Waals surface area contributed by atoms with Crippen molar-refractivity contribution in [1.29, 1.82) is 0 Å². The Balaban J connectivity index is 3.77. The predicted octanol–water partition coefficient (Wildman–Crippen LogP) is 3.13. The van der Waals surface area contributed by atoms with Crippen LogP contribution in [-0.4, -0.2) is 37.1 Å². The van der Waals surface area contributed by atoms with E-state index in [2.05, 4.69) is 58.8 Å². The van der Waals surface area contributed by atoms with E-state index in [1.807, 2.05) is 0 Å². The SMILES string of the molecule is CCCC(C)NCCN(C)C(C)C(C)(C)C. The zero-order chi connectivity index (χ0) is 12.8. The molecule has 98 valence electrons. The molecule has 2 unspecified atom stereocenters. The molecule has 1 N–H and O–H groups in total. The zero-order valence-electron chi connectivity index (χ0n) is 12.4. The van der Waals surface area contributed by atoms with Crippen molar-refractivity contribution in [2.45, 2.75) is 66.5 Å². The van der Waals surface area contributed by atoms with E-state index in [4.69, 9.17) is 0 Å². The van der Waals surface area contributed by atoms with E-state index in [9.17, 15) is 0 Å². The quantitative estimate of drug-likeness (QED) is 0.720. The maximum Gasteiger partial charge on any atom is 0.0113 e. The lowest BCUT2D eigenvalue weighted by atomic mass is 9.87. The summed E-state index contributed by atoms with van der Waals surface area (Å²) < 4.78 is 0. The second-order valence-corrected chi connectivity index (χ2v) is 6.17. The summed E-state index contributed by atoms with van der Waals surface area (Å²) in [4.78, 5) is 2.45. The first-order valence-electron chi connectivity index (χ1n) is 6.72. The number of rotatable bonds is 7. The van der Waals surface area contributed by atoms with E-state index in [0.29, 0.717) is 17.5 Å². The van der Waals surface area contributed by atoms with Gasteiger partial charge in [-0.25, -0.2) is 0 Å². The molecule has 0 heterocycles. The van der Waals surface area contributed by atoms with Crippen LogP contribution in [0.2, 0.25) is 0 Å². The van der Waals surface area contributed by atoms with Gasteiger partial charge in [0.25, 0.3) is 0 Å². The topological polar surface area (TPSA) is 15.3 Å². The van der Waals surface area contributed by atoms with E-state index in [-0.39, 0.29) is 0 Å². The van der Waals surface area contributed by atoms with Crippen LogP contribution in [0.25, 0.3) is 0 Å². The van der Waals surface area contributed by atoms with Gasteiger partial charge < -0.3 is 10.2 Å². The minimum Gasteiger partial charge on any atom is -0.313 e. The van der Waals surface area contributed by atoms with E-state index < -0.39 is 0 Å². The third-order valence-electron chi connectivity index (χ3n) is 3.59. The molecule has 0 amide bonds. The molecule has 0 aromatic carbocycles. The average Bonchev–Trinajstić information content (AvgIpc) is 2.15. The second-order valence-electron chi connectivity index (χ2n) is 6.17. The molecule has 0 aromatic rings. The number of hydrogen-bond acceptors (Lipinski definition) is 2. The van der Waals surface area contributed by atoms with Gasteiger partial charge in [0, 0.05) is 25.2 Å². The highest BCUT2D eigenvalue weighted by Crippen LogP contribution is 2.22. The van der Waals surface area contributed by atoms with Crippen molar-refractivity contribution >= 4 is 0 Å². The van der Waals surface area contributed by atoms with E-state index in [1.165, 1.54) is 12.8 Å². The first-order chi connectivity index (χ1) is 7.29. The largest absolute Gasteiger partial charge is 0.313 e. The van der Waals surface area contributed by atoms with Crippen molar-refractivity contribution in [2.24, 2.45) is 5.41 Å². The zero-order valence-corrected chi connectivity index (χ0v) is 12.4. The summed E-state index contributed by atoms with van der Waals surface area (Å²) in [5.74, 6) is 0. The number of hydrogen-bond donors (Lipinski definition) is 1. The van der Waals surface area contributed by atoms with Gasteiger partial charge in [-0.1, -0.05) is 34.1 Å². The molecule has 0 aromatic heterocycles. The van der Waals surface area contributed by atoms with Crippen LogP contribution < -0.4 is 5.32 Å². The second kappa shape index (κ2) is 7.29. The Morgan fingerprint density at radius 3 is 2.19 bits per heavy atom. The molecule has 2 nitrogen and oxygen atoms in total. The Labute approximate surface area is 103 Å². The highest BCUT2D eigenvalue weighted by molar-refractivity contribution is 4.77. The lowest BCUT2D eigenvalue weighted by Crippen LogP contribution is -2.43. The first-order valence-corrected chi connectivity index (χ1v) is 6.72. The molecular formula is C14H32N2. The molecule has 16 heavy (non-hydrogen) atoms. The van der Waals surface area contributed by atoms with Crippen LogP contribution >= 0.6 is 0 Å². The molecule has 0 saturated heterocycles. The molecule has 0 aliphatic carbocycles. The first kappa shape index (κ1) is 15.9. The van der Waals surface area contributed by atoms with Crippen molar-refractivity contribution in [2.75, 3.05) is 20.1 Å². The van der Waals surface area contributed by atoms with E-state index >= 15 is 0 Å². The van der Waals surface area contributed by atoms with Crippen LogP contribution in [-0.2, 0) is 0 Å². The summed E-state index contributed by atoms with van der Waals surface area (Å²) in [7, 11) is 2.22. The molecule has 0 saturated carbocycles. The summed E-state index contributed by atoms with van der Waals surface area (Å²) in [6.45, 7) is 16.0. The maximum atomic E-state index is 3.58. The number of nitrogens with one attached hydrogen (secondary N) is 1. The fraction of sp³-hybridized carbons (Fsp3) is 1.00. The molecule has 0 spiro atoms. The summed E-state index contributed by atoms with van der Waals surface area (Å²) in [5.41, 5.74) is 0.365. The van der Waals surface area contributed by atoms with E-state index in [1.54, 1.807) is 0 Å². The van der Waals surface area contributed by atoms with Crippen LogP contribution in [0, 0.1) is 5.41 Å². The Morgan fingerprint density at radius 1 is 1.19 bits per heavy atom. The molecule has 0 radical (unpaired) electrons. The summed E-state index contributed by atoms with van der Waals surface area (Å²) >= 11 is 0. The van der Waals surface area contributed by atoms with Gasteiger partial charge in [-0.15, -0.1) is 0 Å². The third kappa shape index (κ3) is 6.49. The fourth-order valence-corrected chi connectivity index (χ4v) is 1.88. The van der Waals surface area contributed by atoms with Gasteiger partial charge in [-0.05, 0) is 32.7 Å². The smallest absolute Gasteiger partial charge is 0.0113 e. The lowest BCUT2D eigenvalue weighted by molar-refractivity contribution is 0.141. The van der Waals surface area contributed by atoms with E-state index in [0.717, 1.165) is 13.1 Å². The minimum absolute atomic E-state index is 0.365. The van der Waals surface area contributed by atoms with Crippen molar-refractivity contribution in [3.05, 3.63) is 0 Å².